The molecule has 0 fully saturated rings. The van der Waals surface area contributed by atoms with Crippen molar-refractivity contribution in [1.29, 1.82) is 0 Å². The lowest BCUT2D eigenvalue weighted by Gasteiger charge is -2.25. The first kappa shape index (κ1) is 25.4. The Hall–Kier alpha value is -3.72. The van der Waals surface area contributed by atoms with E-state index in [1.54, 1.807) is 50.2 Å². The summed E-state index contributed by atoms with van der Waals surface area (Å²) < 4.78 is 32.8. The highest BCUT2D eigenvalue weighted by Gasteiger charge is 2.34. The Morgan fingerprint density at radius 2 is 1.97 bits per heavy atom. The van der Waals surface area contributed by atoms with Crippen LogP contribution < -0.4 is 24.4 Å². The molecule has 9 heteroatoms. The van der Waals surface area contributed by atoms with Crippen LogP contribution in [0.15, 0.2) is 63.5 Å². The molecule has 0 unspecified atom stereocenters. The monoisotopic (exact) mass is 510 g/mol. The van der Waals surface area contributed by atoms with E-state index in [2.05, 4.69) is 4.99 Å². The minimum absolute atomic E-state index is 0.0713. The van der Waals surface area contributed by atoms with Gasteiger partial charge in [-0.3, -0.25) is 9.36 Å². The summed E-state index contributed by atoms with van der Waals surface area (Å²) in [7, 11) is 1.53. The number of aromatic nitrogens is 1. The van der Waals surface area contributed by atoms with Crippen LogP contribution in [0.2, 0.25) is 0 Å². The molecule has 1 aromatic heterocycles. The zero-order chi connectivity index (χ0) is 26.0. The molecule has 2 heterocycles. The number of benzene rings is 2. The maximum atomic E-state index is 14.3. The molecule has 0 radical (unpaired) electrons. The van der Waals surface area contributed by atoms with Gasteiger partial charge >= 0.3 is 5.97 Å². The van der Waals surface area contributed by atoms with Gasteiger partial charge in [-0.05, 0) is 57.5 Å². The van der Waals surface area contributed by atoms with E-state index in [-0.39, 0.29) is 29.4 Å². The number of halogens is 1. The van der Waals surface area contributed by atoms with Gasteiger partial charge in [0.25, 0.3) is 5.56 Å². The molecule has 1 aliphatic rings. The number of hydrogen-bond donors (Lipinski definition) is 0. The van der Waals surface area contributed by atoms with Gasteiger partial charge in [0, 0.05) is 5.56 Å². The number of fused-ring (bicyclic) bond motifs is 1. The Morgan fingerprint density at radius 1 is 1.22 bits per heavy atom. The van der Waals surface area contributed by atoms with Crippen LogP contribution in [0.4, 0.5) is 4.39 Å². The summed E-state index contributed by atoms with van der Waals surface area (Å²) in [6, 6.07) is 10.7. The molecule has 4 rings (SSSR count). The highest BCUT2D eigenvalue weighted by Crippen LogP contribution is 2.36. The number of esters is 1. The van der Waals surface area contributed by atoms with Crippen molar-refractivity contribution in [2.24, 2.45) is 4.99 Å². The van der Waals surface area contributed by atoms with E-state index < -0.39 is 17.8 Å². The van der Waals surface area contributed by atoms with Crippen molar-refractivity contribution in [2.45, 2.75) is 39.8 Å². The molecular weight excluding hydrogens is 483 g/mol. The fourth-order valence-corrected chi connectivity index (χ4v) is 5.08. The molecule has 3 aromatic rings. The zero-order valence-electron chi connectivity index (χ0n) is 20.7. The fourth-order valence-electron chi connectivity index (χ4n) is 4.05. The van der Waals surface area contributed by atoms with E-state index in [9.17, 15) is 14.0 Å². The van der Waals surface area contributed by atoms with Crippen LogP contribution in [0, 0.1) is 5.82 Å². The van der Waals surface area contributed by atoms with Gasteiger partial charge in [-0.25, -0.2) is 14.2 Å². The zero-order valence-corrected chi connectivity index (χ0v) is 21.5. The Labute approximate surface area is 211 Å². The second-order valence-electron chi connectivity index (χ2n) is 8.40. The van der Waals surface area contributed by atoms with Crippen LogP contribution in [0.3, 0.4) is 0 Å². The number of carbonyl (C=O) groups is 1. The van der Waals surface area contributed by atoms with Crippen molar-refractivity contribution in [2.75, 3.05) is 13.7 Å². The van der Waals surface area contributed by atoms with Crippen molar-refractivity contribution < 1.29 is 23.4 Å². The van der Waals surface area contributed by atoms with Crippen LogP contribution in [0.1, 0.15) is 44.9 Å². The van der Waals surface area contributed by atoms with Crippen molar-refractivity contribution in [3.05, 3.63) is 90.4 Å². The standard InChI is InChI=1S/C27H27FN2O5S/c1-6-34-26(32)23-16(4)29-27-30(25(31)22(36-27)14-17-9-7-8-10-19(17)28)24(23)18-11-12-20(35-15(2)3)21(13-18)33-5/h7-15,24H,6H2,1-5H3/b22-14-/t24-/m1/s1. The SMILES string of the molecule is CCOC(=O)C1=C(C)N=c2s/c(=C\c3ccccc3F)c(=O)n2[C@@H]1c1ccc(OC(C)C)c(OC)c1. The summed E-state index contributed by atoms with van der Waals surface area (Å²) in [6.45, 7) is 7.41. The first-order chi connectivity index (χ1) is 17.2. The molecule has 0 aliphatic carbocycles. The third kappa shape index (κ3) is 4.83. The van der Waals surface area contributed by atoms with E-state index >= 15 is 0 Å². The lowest BCUT2D eigenvalue weighted by Crippen LogP contribution is -2.40. The Morgan fingerprint density at radius 3 is 2.64 bits per heavy atom. The number of hydrogen-bond acceptors (Lipinski definition) is 7. The van der Waals surface area contributed by atoms with Crippen LogP contribution in [-0.2, 0) is 9.53 Å². The first-order valence-corrected chi connectivity index (χ1v) is 12.4. The number of allylic oxidation sites excluding steroid dienone is 1. The predicted octanol–water partition coefficient (Wildman–Crippen LogP) is 3.73. The topological polar surface area (TPSA) is 79.1 Å². The Balaban J connectivity index is 1.96. The summed E-state index contributed by atoms with van der Waals surface area (Å²) in [4.78, 5) is 31.6. The third-order valence-electron chi connectivity index (χ3n) is 5.57. The molecule has 0 saturated carbocycles. The van der Waals surface area contributed by atoms with Crippen molar-refractivity contribution >= 4 is 23.4 Å². The Bertz CT molecular complexity index is 1520. The first-order valence-electron chi connectivity index (χ1n) is 11.5. The lowest BCUT2D eigenvalue weighted by atomic mass is 9.95. The predicted molar refractivity (Wildman–Crippen MR) is 136 cm³/mol. The highest BCUT2D eigenvalue weighted by molar-refractivity contribution is 7.07. The molecule has 7 nitrogen and oxygen atoms in total. The normalized spacial score (nSPS) is 15.5. The maximum Gasteiger partial charge on any atom is 0.338 e. The molecule has 36 heavy (non-hydrogen) atoms. The number of ether oxygens (including phenoxy) is 3. The van der Waals surface area contributed by atoms with Crippen LogP contribution in [0.25, 0.3) is 6.08 Å². The van der Waals surface area contributed by atoms with E-state index in [0.29, 0.717) is 32.1 Å². The van der Waals surface area contributed by atoms with Gasteiger partial charge in [-0.15, -0.1) is 0 Å². The fraction of sp³-hybridized carbons (Fsp3) is 0.296. The summed E-state index contributed by atoms with van der Waals surface area (Å²) in [5, 5.41) is 0. The number of rotatable bonds is 7. The second-order valence-corrected chi connectivity index (χ2v) is 9.41. The largest absolute Gasteiger partial charge is 0.493 e. The van der Waals surface area contributed by atoms with Crippen molar-refractivity contribution in [3.63, 3.8) is 0 Å². The molecule has 188 valence electrons. The molecule has 0 amide bonds. The second kappa shape index (κ2) is 10.5. The van der Waals surface area contributed by atoms with E-state index in [1.165, 1.54) is 23.8 Å². The molecule has 0 saturated heterocycles. The van der Waals surface area contributed by atoms with Crippen LogP contribution >= 0.6 is 11.3 Å². The van der Waals surface area contributed by atoms with Crippen molar-refractivity contribution in [3.8, 4) is 11.5 Å². The van der Waals surface area contributed by atoms with E-state index in [1.807, 2.05) is 13.8 Å². The number of nitrogens with zero attached hydrogens (tertiary/aromatic N) is 2. The van der Waals surface area contributed by atoms with Gasteiger partial charge in [0.15, 0.2) is 16.3 Å². The van der Waals surface area contributed by atoms with Gasteiger partial charge in [0.1, 0.15) is 5.82 Å². The highest BCUT2D eigenvalue weighted by atomic mass is 32.1. The quantitative estimate of drug-likeness (QED) is 0.453. The molecule has 1 aliphatic heterocycles. The average Bonchev–Trinajstić information content (AvgIpc) is 3.14. The minimum Gasteiger partial charge on any atom is -0.493 e. The van der Waals surface area contributed by atoms with Crippen LogP contribution in [-0.4, -0.2) is 30.4 Å². The molecule has 1 atom stereocenters. The van der Waals surface area contributed by atoms with Crippen LogP contribution in [0.5, 0.6) is 11.5 Å². The smallest absolute Gasteiger partial charge is 0.338 e. The summed E-state index contributed by atoms with van der Waals surface area (Å²) in [6.07, 6.45) is 1.43. The number of carbonyl (C=O) groups excluding carboxylic acids is 1. The van der Waals surface area contributed by atoms with Gasteiger partial charge in [-0.1, -0.05) is 35.6 Å². The summed E-state index contributed by atoms with van der Waals surface area (Å²) >= 11 is 1.14. The number of methoxy groups -OCH3 is 1. The van der Waals surface area contributed by atoms with Gasteiger partial charge in [-0.2, -0.15) is 0 Å². The van der Waals surface area contributed by atoms with E-state index in [4.69, 9.17) is 14.2 Å². The van der Waals surface area contributed by atoms with Crippen molar-refractivity contribution in [1.82, 2.24) is 4.57 Å². The van der Waals surface area contributed by atoms with Gasteiger partial charge < -0.3 is 14.2 Å². The molecule has 0 spiro atoms. The number of thiazole rings is 1. The third-order valence-corrected chi connectivity index (χ3v) is 6.56. The molecule has 0 N–H and O–H groups in total. The maximum absolute atomic E-state index is 14.3. The minimum atomic E-state index is -0.815. The summed E-state index contributed by atoms with van der Waals surface area (Å²) in [5.41, 5.74) is 1.22. The molecular formula is C27H27FN2O5S. The van der Waals surface area contributed by atoms with Gasteiger partial charge in [0.2, 0.25) is 0 Å². The summed E-state index contributed by atoms with van der Waals surface area (Å²) in [5.74, 6) is 0.0107. The van der Waals surface area contributed by atoms with E-state index in [0.717, 1.165) is 11.3 Å². The molecule has 2 aromatic carbocycles. The molecule has 0 bridgehead atoms. The average molecular weight is 511 g/mol. The van der Waals surface area contributed by atoms with Gasteiger partial charge in [0.05, 0.1) is 41.7 Å². The lowest BCUT2D eigenvalue weighted by molar-refractivity contribution is -0.139. The Kier molecular flexibility index (Phi) is 7.40.